The van der Waals surface area contributed by atoms with Crippen molar-refractivity contribution in [1.82, 2.24) is 16.0 Å². The minimum atomic E-state index is -1.08. The molecule has 0 spiro atoms. The zero-order valence-electron chi connectivity index (χ0n) is 8.47. The summed E-state index contributed by atoms with van der Waals surface area (Å²) < 4.78 is 0. The molecule has 0 unspecified atom stereocenters. The van der Waals surface area contributed by atoms with Gasteiger partial charge in [0.25, 0.3) is 0 Å². The second-order valence-corrected chi connectivity index (χ2v) is 3.37. The van der Waals surface area contributed by atoms with Gasteiger partial charge < -0.3 is 10.8 Å². The molecule has 2 rings (SSSR count). The summed E-state index contributed by atoms with van der Waals surface area (Å²) in [5.41, 5.74) is 11.9. The maximum absolute atomic E-state index is 10.7. The third-order valence-electron chi connectivity index (χ3n) is 2.26. The number of rotatable bonds is 3. The summed E-state index contributed by atoms with van der Waals surface area (Å²) in [4.78, 5) is 10.7. The number of hydrogen-bond donors (Lipinski definition) is 4. The van der Waals surface area contributed by atoms with Gasteiger partial charge in [-0.3, -0.25) is 10.4 Å². The van der Waals surface area contributed by atoms with E-state index in [1.165, 1.54) is 0 Å². The van der Waals surface area contributed by atoms with E-state index < -0.39 is 5.97 Å². The number of nitrogens with zero attached hydrogens (tertiary/aromatic N) is 1. The van der Waals surface area contributed by atoms with Gasteiger partial charge in [-0.25, -0.2) is 4.79 Å². The summed E-state index contributed by atoms with van der Waals surface area (Å²) in [7, 11) is 0. The largest absolute Gasteiger partial charge is 0.476 e. The quantitative estimate of drug-likeness (QED) is 0.560. The average molecular weight is 220 g/mol. The summed E-state index contributed by atoms with van der Waals surface area (Å²) in [6, 6.07) is 9.62. The predicted molar refractivity (Wildman–Crippen MR) is 57.1 cm³/mol. The maximum Gasteiger partial charge on any atom is 0.357 e. The summed E-state index contributed by atoms with van der Waals surface area (Å²) in [5.74, 6) is -0.906. The van der Waals surface area contributed by atoms with E-state index >= 15 is 0 Å². The Morgan fingerprint density at radius 1 is 1.38 bits per heavy atom. The van der Waals surface area contributed by atoms with E-state index in [1.807, 2.05) is 30.3 Å². The molecule has 1 aromatic carbocycles. The number of carboxylic acid groups (broad SMARTS) is 1. The smallest absolute Gasteiger partial charge is 0.357 e. The van der Waals surface area contributed by atoms with E-state index in [2.05, 4.69) is 11.0 Å². The van der Waals surface area contributed by atoms with Gasteiger partial charge in [0.05, 0.1) is 6.54 Å². The summed E-state index contributed by atoms with van der Waals surface area (Å²) >= 11 is 0. The number of aliphatic carboxylic acids is 1. The fourth-order valence-corrected chi connectivity index (χ4v) is 1.44. The monoisotopic (exact) mass is 220 g/mol. The molecule has 1 heterocycles. The van der Waals surface area contributed by atoms with E-state index in [1.54, 1.807) is 5.01 Å². The number of hydrogen-bond acceptors (Lipinski definition) is 5. The van der Waals surface area contributed by atoms with Crippen molar-refractivity contribution in [2.45, 2.75) is 6.54 Å². The number of hydrazine groups is 2. The van der Waals surface area contributed by atoms with E-state index in [4.69, 9.17) is 10.8 Å². The van der Waals surface area contributed by atoms with Crippen LogP contribution in [0.5, 0.6) is 0 Å². The fraction of sp³-hybridized carbons (Fsp3) is 0.100. The number of carbonyl (C=O) groups is 1. The molecule has 5 N–H and O–H groups in total. The SMILES string of the molecule is NC1=C(C(=O)O)NNN1Cc1ccccc1. The van der Waals surface area contributed by atoms with Crippen LogP contribution in [0.2, 0.25) is 0 Å². The number of nitrogens with two attached hydrogens (primary N) is 1. The summed E-state index contributed by atoms with van der Waals surface area (Å²) in [6.07, 6.45) is 0. The zero-order valence-corrected chi connectivity index (χ0v) is 8.47. The van der Waals surface area contributed by atoms with Gasteiger partial charge in [0.1, 0.15) is 5.82 Å². The van der Waals surface area contributed by atoms with Crippen molar-refractivity contribution >= 4 is 5.97 Å². The van der Waals surface area contributed by atoms with Crippen molar-refractivity contribution in [3.63, 3.8) is 0 Å². The fourth-order valence-electron chi connectivity index (χ4n) is 1.44. The van der Waals surface area contributed by atoms with Crippen LogP contribution in [-0.2, 0) is 11.3 Å². The molecule has 0 aromatic heterocycles. The minimum Gasteiger partial charge on any atom is -0.476 e. The van der Waals surface area contributed by atoms with Crippen LogP contribution in [0.1, 0.15) is 5.56 Å². The lowest BCUT2D eigenvalue weighted by Crippen LogP contribution is -2.39. The van der Waals surface area contributed by atoms with Crippen molar-refractivity contribution in [1.29, 1.82) is 0 Å². The Bertz CT molecular complexity index is 430. The molecule has 0 saturated heterocycles. The van der Waals surface area contributed by atoms with Crippen molar-refractivity contribution in [2.75, 3.05) is 0 Å². The Balaban J connectivity index is 2.11. The van der Waals surface area contributed by atoms with Crippen LogP contribution in [0, 0.1) is 0 Å². The third-order valence-corrected chi connectivity index (χ3v) is 2.26. The van der Waals surface area contributed by atoms with E-state index in [-0.39, 0.29) is 11.5 Å². The Kier molecular flexibility index (Phi) is 2.65. The molecule has 6 nitrogen and oxygen atoms in total. The molecule has 0 saturated carbocycles. The second kappa shape index (κ2) is 4.11. The number of benzene rings is 1. The highest BCUT2D eigenvalue weighted by Crippen LogP contribution is 2.11. The van der Waals surface area contributed by atoms with Crippen LogP contribution >= 0.6 is 0 Å². The summed E-state index contributed by atoms with van der Waals surface area (Å²) in [6.45, 7) is 0.496. The molecular weight excluding hydrogens is 208 g/mol. The molecule has 0 radical (unpaired) electrons. The first-order valence-corrected chi connectivity index (χ1v) is 4.74. The first-order chi connectivity index (χ1) is 7.68. The Morgan fingerprint density at radius 2 is 2.06 bits per heavy atom. The van der Waals surface area contributed by atoms with Crippen LogP contribution < -0.4 is 16.7 Å². The van der Waals surface area contributed by atoms with Gasteiger partial charge in [-0.2, -0.15) is 0 Å². The topological polar surface area (TPSA) is 90.6 Å². The van der Waals surface area contributed by atoms with Gasteiger partial charge in [0.15, 0.2) is 5.70 Å². The van der Waals surface area contributed by atoms with Crippen LogP contribution in [-0.4, -0.2) is 16.1 Å². The molecule has 84 valence electrons. The first-order valence-electron chi connectivity index (χ1n) is 4.74. The molecule has 1 aromatic rings. The Morgan fingerprint density at radius 3 is 2.62 bits per heavy atom. The standard InChI is InChI=1S/C10H12N4O2/c11-9-8(10(15)16)12-13-14(9)6-7-4-2-1-3-5-7/h1-5,12-13H,6,11H2,(H,15,16). The van der Waals surface area contributed by atoms with Crippen molar-refractivity contribution in [2.24, 2.45) is 5.73 Å². The predicted octanol–water partition coefficient (Wildman–Crippen LogP) is -0.276. The van der Waals surface area contributed by atoms with E-state index in [0.29, 0.717) is 6.54 Å². The van der Waals surface area contributed by atoms with E-state index in [9.17, 15) is 4.79 Å². The van der Waals surface area contributed by atoms with Crippen LogP contribution in [0.3, 0.4) is 0 Å². The van der Waals surface area contributed by atoms with Gasteiger partial charge in [-0.1, -0.05) is 30.3 Å². The Hall–Kier alpha value is -2.21. The van der Waals surface area contributed by atoms with Crippen molar-refractivity contribution < 1.29 is 9.90 Å². The molecule has 0 atom stereocenters. The van der Waals surface area contributed by atoms with Crippen LogP contribution in [0.15, 0.2) is 41.8 Å². The minimum absolute atomic E-state index is 0.0315. The molecule has 6 heteroatoms. The molecule has 0 fully saturated rings. The number of carboxylic acids is 1. The molecule has 1 aliphatic rings. The zero-order chi connectivity index (χ0) is 11.5. The molecule has 0 aliphatic carbocycles. The van der Waals surface area contributed by atoms with Crippen LogP contribution in [0.4, 0.5) is 0 Å². The lowest BCUT2D eigenvalue weighted by atomic mass is 10.2. The Labute approximate surface area is 92.3 Å². The highest BCUT2D eigenvalue weighted by molar-refractivity contribution is 5.86. The second-order valence-electron chi connectivity index (χ2n) is 3.37. The van der Waals surface area contributed by atoms with Gasteiger partial charge in [-0.05, 0) is 5.56 Å². The van der Waals surface area contributed by atoms with Crippen molar-refractivity contribution in [3.05, 3.63) is 47.4 Å². The van der Waals surface area contributed by atoms with Gasteiger partial charge in [0.2, 0.25) is 0 Å². The average Bonchev–Trinajstić information content (AvgIpc) is 2.62. The molecule has 1 aliphatic heterocycles. The normalized spacial score (nSPS) is 15.1. The lowest BCUT2D eigenvalue weighted by molar-refractivity contribution is -0.133. The van der Waals surface area contributed by atoms with E-state index in [0.717, 1.165) is 5.56 Å². The third kappa shape index (κ3) is 1.91. The van der Waals surface area contributed by atoms with Gasteiger partial charge >= 0.3 is 5.97 Å². The molecular formula is C10H12N4O2. The van der Waals surface area contributed by atoms with Crippen molar-refractivity contribution in [3.8, 4) is 0 Å². The highest BCUT2D eigenvalue weighted by Gasteiger charge is 2.24. The first kappa shape index (κ1) is 10.3. The molecule has 0 amide bonds. The van der Waals surface area contributed by atoms with Gasteiger partial charge in [0, 0.05) is 0 Å². The van der Waals surface area contributed by atoms with Crippen LogP contribution in [0.25, 0.3) is 0 Å². The highest BCUT2D eigenvalue weighted by atomic mass is 16.4. The number of nitrogens with one attached hydrogen (secondary N) is 2. The molecule has 16 heavy (non-hydrogen) atoms. The maximum atomic E-state index is 10.7. The lowest BCUT2D eigenvalue weighted by Gasteiger charge is -2.17. The molecule has 0 bridgehead atoms. The van der Waals surface area contributed by atoms with Gasteiger partial charge in [-0.15, -0.1) is 5.53 Å². The summed E-state index contributed by atoms with van der Waals surface area (Å²) in [5, 5.41) is 10.3.